The van der Waals surface area contributed by atoms with Crippen molar-refractivity contribution in [3.05, 3.63) is 35.4 Å². The van der Waals surface area contributed by atoms with E-state index in [0.717, 1.165) is 12.6 Å². The molecule has 1 unspecified atom stereocenters. The summed E-state index contributed by atoms with van der Waals surface area (Å²) in [4.78, 5) is 5.50. The highest BCUT2D eigenvalue weighted by molar-refractivity contribution is 5.24. The third-order valence-electron chi connectivity index (χ3n) is 5.96. The first kappa shape index (κ1) is 13.7. The topological polar surface area (TPSA) is 32.5 Å². The van der Waals surface area contributed by atoms with Crippen molar-refractivity contribution in [1.29, 1.82) is 0 Å². The van der Waals surface area contributed by atoms with Crippen molar-refractivity contribution in [2.45, 2.75) is 56.8 Å². The molecule has 0 radical (unpaired) electrons. The van der Waals surface area contributed by atoms with Crippen molar-refractivity contribution >= 4 is 0 Å². The van der Waals surface area contributed by atoms with E-state index < -0.39 is 0 Å². The number of fused-ring (bicyclic) bond motifs is 2. The maximum atomic E-state index is 6.20. The molecule has 1 saturated carbocycles. The van der Waals surface area contributed by atoms with Crippen molar-refractivity contribution in [3.8, 4) is 0 Å². The first-order chi connectivity index (χ1) is 10.2. The average molecular weight is 285 g/mol. The molecular weight excluding hydrogens is 258 g/mol. The lowest BCUT2D eigenvalue weighted by molar-refractivity contribution is -0.0969. The van der Waals surface area contributed by atoms with Gasteiger partial charge in [-0.3, -0.25) is 9.80 Å². The van der Waals surface area contributed by atoms with Gasteiger partial charge < -0.3 is 5.73 Å². The Morgan fingerprint density at radius 1 is 1.24 bits per heavy atom. The highest BCUT2D eigenvalue weighted by Gasteiger charge is 2.56. The number of rotatable bonds is 2. The molecule has 3 heteroatoms. The van der Waals surface area contributed by atoms with Crippen LogP contribution in [0.15, 0.2) is 24.3 Å². The Morgan fingerprint density at radius 2 is 2.10 bits per heavy atom. The highest BCUT2D eigenvalue weighted by atomic mass is 15.4. The van der Waals surface area contributed by atoms with Crippen molar-refractivity contribution in [3.63, 3.8) is 0 Å². The molecule has 3 aliphatic rings. The first-order valence-corrected chi connectivity index (χ1v) is 8.48. The molecule has 2 saturated heterocycles. The van der Waals surface area contributed by atoms with Gasteiger partial charge in [-0.15, -0.1) is 0 Å². The molecule has 114 valence electrons. The molecule has 2 heterocycles. The monoisotopic (exact) mass is 285 g/mol. The van der Waals surface area contributed by atoms with Crippen LogP contribution in [0.1, 0.15) is 36.8 Å². The van der Waals surface area contributed by atoms with Gasteiger partial charge in [0.25, 0.3) is 0 Å². The summed E-state index contributed by atoms with van der Waals surface area (Å²) in [5.41, 5.74) is 9.40. The number of aryl methyl sites for hydroxylation is 1. The Hall–Kier alpha value is -0.900. The minimum absolute atomic E-state index is 0.373. The largest absolute Gasteiger partial charge is 0.328 e. The molecule has 1 atom stereocenters. The van der Waals surface area contributed by atoms with Crippen LogP contribution < -0.4 is 5.73 Å². The van der Waals surface area contributed by atoms with Crippen LogP contribution in [0.25, 0.3) is 0 Å². The quantitative estimate of drug-likeness (QED) is 0.903. The molecule has 2 aliphatic heterocycles. The van der Waals surface area contributed by atoms with Crippen molar-refractivity contribution < 1.29 is 0 Å². The molecule has 21 heavy (non-hydrogen) atoms. The van der Waals surface area contributed by atoms with Gasteiger partial charge in [-0.2, -0.15) is 0 Å². The number of nitrogens with zero attached hydrogens (tertiary/aromatic N) is 2. The molecule has 0 amide bonds. The SMILES string of the molecule is Cc1cccc(CN2CCN3CCCC3C23CC(N)C3)c1. The van der Waals surface area contributed by atoms with Crippen LogP contribution in [-0.4, -0.2) is 47.1 Å². The predicted octanol–water partition coefficient (Wildman–Crippen LogP) is 2.13. The van der Waals surface area contributed by atoms with Crippen molar-refractivity contribution in [1.82, 2.24) is 9.80 Å². The van der Waals surface area contributed by atoms with Crippen LogP contribution in [0, 0.1) is 6.92 Å². The van der Waals surface area contributed by atoms with Gasteiger partial charge >= 0.3 is 0 Å². The third kappa shape index (κ3) is 2.23. The smallest absolute Gasteiger partial charge is 0.0398 e. The summed E-state index contributed by atoms with van der Waals surface area (Å²) < 4.78 is 0. The third-order valence-corrected chi connectivity index (χ3v) is 5.96. The average Bonchev–Trinajstić information content (AvgIpc) is 2.89. The summed E-state index contributed by atoms with van der Waals surface area (Å²) in [6.45, 7) is 7.04. The second kappa shape index (κ2) is 5.08. The van der Waals surface area contributed by atoms with Gasteiger partial charge in [-0.05, 0) is 44.7 Å². The van der Waals surface area contributed by atoms with E-state index in [4.69, 9.17) is 5.73 Å². The molecule has 0 bridgehead atoms. The van der Waals surface area contributed by atoms with E-state index >= 15 is 0 Å². The summed E-state index contributed by atoms with van der Waals surface area (Å²) in [5.74, 6) is 0. The van der Waals surface area contributed by atoms with E-state index in [-0.39, 0.29) is 0 Å². The number of piperazine rings is 1. The van der Waals surface area contributed by atoms with Gasteiger partial charge in [0.05, 0.1) is 0 Å². The zero-order valence-electron chi connectivity index (χ0n) is 13.1. The Morgan fingerprint density at radius 3 is 2.86 bits per heavy atom. The highest BCUT2D eigenvalue weighted by Crippen LogP contribution is 2.47. The standard InChI is InChI=1S/C18H27N3/c1-14-4-2-5-15(10-14)13-21-9-8-20-7-3-6-17(20)18(21)11-16(19)12-18/h2,4-5,10,16-17H,3,6-9,11-13,19H2,1H3. The minimum atomic E-state index is 0.373. The summed E-state index contributed by atoms with van der Waals surface area (Å²) in [6.07, 6.45) is 5.14. The van der Waals surface area contributed by atoms with E-state index in [1.165, 1.54) is 56.4 Å². The minimum Gasteiger partial charge on any atom is -0.328 e. The van der Waals surface area contributed by atoms with Crippen LogP contribution in [-0.2, 0) is 6.54 Å². The Balaban J connectivity index is 1.58. The summed E-state index contributed by atoms with van der Waals surface area (Å²) in [6, 6.07) is 10.2. The fourth-order valence-corrected chi connectivity index (χ4v) is 5.03. The molecule has 3 nitrogen and oxygen atoms in total. The molecule has 3 fully saturated rings. The second-order valence-electron chi connectivity index (χ2n) is 7.38. The van der Waals surface area contributed by atoms with Gasteiger partial charge in [-0.25, -0.2) is 0 Å². The molecule has 0 aromatic heterocycles. The van der Waals surface area contributed by atoms with E-state index in [0.29, 0.717) is 11.6 Å². The summed E-state index contributed by atoms with van der Waals surface area (Å²) in [7, 11) is 0. The summed E-state index contributed by atoms with van der Waals surface area (Å²) >= 11 is 0. The lowest BCUT2D eigenvalue weighted by atomic mass is 9.65. The van der Waals surface area contributed by atoms with Crippen molar-refractivity contribution in [2.24, 2.45) is 5.73 Å². The fourth-order valence-electron chi connectivity index (χ4n) is 5.03. The van der Waals surface area contributed by atoms with E-state index in [2.05, 4.69) is 41.0 Å². The van der Waals surface area contributed by atoms with Crippen molar-refractivity contribution in [2.75, 3.05) is 19.6 Å². The lowest BCUT2D eigenvalue weighted by Crippen LogP contribution is -2.73. The Bertz CT molecular complexity index is 521. The molecule has 1 aromatic carbocycles. The van der Waals surface area contributed by atoms with Gasteiger partial charge in [0, 0.05) is 37.3 Å². The maximum absolute atomic E-state index is 6.20. The van der Waals surface area contributed by atoms with E-state index in [9.17, 15) is 0 Å². The Labute approximate surface area is 128 Å². The van der Waals surface area contributed by atoms with Gasteiger partial charge in [0.1, 0.15) is 0 Å². The van der Waals surface area contributed by atoms with E-state index in [1.54, 1.807) is 0 Å². The zero-order chi connectivity index (χ0) is 14.4. The number of nitrogens with two attached hydrogens (primary N) is 1. The molecule has 1 aromatic rings. The fraction of sp³-hybridized carbons (Fsp3) is 0.667. The molecule has 1 aliphatic carbocycles. The molecular formula is C18H27N3. The van der Waals surface area contributed by atoms with E-state index in [1.807, 2.05) is 0 Å². The lowest BCUT2D eigenvalue weighted by Gasteiger charge is -2.61. The zero-order valence-corrected chi connectivity index (χ0v) is 13.1. The van der Waals surface area contributed by atoms with Gasteiger partial charge in [0.15, 0.2) is 0 Å². The molecule has 4 rings (SSSR count). The Kier molecular flexibility index (Phi) is 3.32. The number of hydrogen-bond donors (Lipinski definition) is 1. The van der Waals surface area contributed by atoms with Crippen LogP contribution in [0.5, 0.6) is 0 Å². The molecule has 1 spiro atoms. The number of benzene rings is 1. The van der Waals surface area contributed by atoms with Gasteiger partial charge in [0.2, 0.25) is 0 Å². The second-order valence-corrected chi connectivity index (χ2v) is 7.38. The normalized spacial score (nSPS) is 36.7. The van der Waals surface area contributed by atoms with Crippen LogP contribution in [0.2, 0.25) is 0 Å². The van der Waals surface area contributed by atoms with Crippen LogP contribution in [0.3, 0.4) is 0 Å². The maximum Gasteiger partial charge on any atom is 0.0398 e. The van der Waals surface area contributed by atoms with Gasteiger partial charge in [-0.1, -0.05) is 29.8 Å². The number of hydrogen-bond acceptors (Lipinski definition) is 3. The first-order valence-electron chi connectivity index (χ1n) is 8.48. The predicted molar refractivity (Wildman–Crippen MR) is 86.1 cm³/mol. The molecule has 2 N–H and O–H groups in total. The summed E-state index contributed by atoms with van der Waals surface area (Å²) in [5, 5.41) is 0. The van der Waals surface area contributed by atoms with Crippen LogP contribution in [0.4, 0.5) is 0 Å². The van der Waals surface area contributed by atoms with Crippen LogP contribution >= 0.6 is 0 Å².